The van der Waals surface area contributed by atoms with Gasteiger partial charge in [0.05, 0.1) is 11.9 Å². The lowest BCUT2D eigenvalue weighted by Gasteiger charge is -2.32. The van der Waals surface area contributed by atoms with Gasteiger partial charge < -0.3 is 4.90 Å². The van der Waals surface area contributed by atoms with Crippen molar-refractivity contribution >= 4 is 17.5 Å². The summed E-state index contributed by atoms with van der Waals surface area (Å²) in [5.74, 6) is 0.165. The van der Waals surface area contributed by atoms with E-state index in [-0.39, 0.29) is 11.8 Å². The summed E-state index contributed by atoms with van der Waals surface area (Å²) in [4.78, 5) is 28.0. The number of pyridine rings is 1. The van der Waals surface area contributed by atoms with E-state index >= 15 is 0 Å². The van der Waals surface area contributed by atoms with E-state index in [2.05, 4.69) is 28.2 Å². The number of aromatic nitrogens is 3. The fourth-order valence-corrected chi connectivity index (χ4v) is 4.24. The summed E-state index contributed by atoms with van der Waals surface area (Å²) in [7, 11) is 0. The SMILES string of the molecule is Cc1cnc(C(=O)N2CCC[C@@H](c3cc(Cc4cccc(Cl)c4)cc(C)n3)C2)cn1. The second-order valence-electron chi connectivity index (χ2n) is 7.98. The Hall–Kier alpha value is -2.79. The number of halogens is 1. The Morgan fingerprint density at radius 1 is 1.10 bits per heavy atom. The van der Waals surface area contributed by atoms with Crippen molar-refractivity contribution in [2.75, 3.05) is 13.1 Å². The van der Waals surface area contributed by atoms with Crippen LogP contribution < -0.4 is 0 Å². The van der Waals surface area contributed by atoms with Gasteiger partial charge in [-0.25, -0.2) is 4.98 Å². The summed E-state index contributed by atoms with van der Waals surface area (Å²) in [5, 5.41) is 0.749. The van der Waals surface area contributed by atoms with Crippen LogP contribution in [0, 0.1) is 13.8 Å². The molecule has 2 aromatic heterocycles. The van der Waals surface area contributed by atoms with E-state index in [1.54, 1.807) is 12.4 Å². The van der Waals surface area contributed by atoms with Crippen LogP contribution in [0.5, 0.6) is 0 Å². The number of aryl methyl sites for hydroxylation is 2. The number of benzene rings is 1. The molecule has 1 amide bonds. The number of carbonyl (C=O) groups is 1. The lowest BCUT2D eigenvalue weighted by atomic mass is 9.92. The van der Waals surface area contributed by atoms with Crippen LogP contribution >= 0.6 is 11.6 Å². The maximum atomic E-state index is 12.9. The van der Waals surface area contributed by atoms with Crippen LogP contribution in [-0.2, 0) is 6.42 Å². The molecule has 1 aromatic carbocycles. The van der Waals surface area contributed by atoms with Crippen molar-refractivity contribution in [3.8, 4) is 0 Å². The maximum absolute atomic E-state index is 12.9. The summed E-state index contributed by atoms with van der Waals surface area (Å²) >= 11 is 6.14. The smallest absolute Gasteiger partial charge is 0.274 e. The van der Waals surface area contributed by atoms with Crippen molar-refractivity contribution in [1.82, 2.24) is 19.9 Å². The Labute approximate surface area is 182 Å². The maximum Gasteiger partial charge on any atom is 0.274 e. The zero-order valence-corrected chi connectivity index (χ0v) is 18.1. The molecule has 0 spiro atoms. The molecule has 5 nitrogen and oxygen atoms in total. The van der Waals surface area contributed by atoms with Crippen LogP contribution in [0.15, 0.2) is 48.8 Å². The molecule has 1 fully saturated rings. The van der Waals surface area contributed by atoms with E-state index < -0.39 is 0 Å². The summed E-state index contributed by atoms with van der Waals surface area (Å²) in [6, 6.07) is 12.3. The third-order valence-corrected chi connectivity index (χ3v) is 5.69. The summed E-state index contributed by atoms with van der Waals surface area (Å²) in [5.41, 5.74) is 5.65. The van der Waals surface area contributed by atoms with Gasteiger partial charge >= 0.3 is 0 Å². The van der Waals surface area contributed by atoms with Gasteiger partial charge in [0, 0.05) is 41.6 Å². The number of hydrogen-bond donors (Lipinski definition) is 0. The van der Waals surface area contributed by atoms with Crippen molar-refractivity contribution < 1.29 is 4.79 Å². The van der Waals surface area contributed by atoms with Gasteiger partial charge in [-0.1, -0.05) is 23.7 Å². The molecule has 6 heteroatoms. The molecule has 0 radical (unpaired) electrons. The van der Waals surface area contributed by atoms with Crippen molar-refractivity contribution in [2.45, 2.75) is 39.0 Å². The van der Waals surface area contributed by atoms with E-state index in [0.29, 0.717) is 12.2 Å². The van der Waals surface area contributed by atoms with Crippen LogP contribution in [0.1, 0.15) is 57.5 Å². The van der Waals surface area contributed by atoms with Gasteiger partial charge in [0.1, 0.15) is 5.69 Å². The third-order valence-electron chi connectivity index (χ3n) is 5.46. The first-order valence-electron chi connectivity index (χ1n) is 10.3. The average Bonchev–Trinajstić information content (AvgIpc) is 2.73. The highest BCUT2D eigenvalue weighted by Crippen LogP contribution is 2.28. The number of likely N-dealkylation sites (tertiary alicyclic amines) is 1. The van der Waals surface area contributed by atoms with Crippen molar-refractivity contribution in [2.24, 2.45) is 0 Å². The number of amides is 1. The normalized spacial score (nSPS) is 16.5. The minimum atomic E-state index is -0.0565. The van der Waals surface area contributed by atoms with Gasteiger partial charge in [0.25, 0.3) is 5.91 Å². The molecule has 1 aliphatic heterocycles. The first-order valence-corrected chi connectivity index (χ1v) is 10.7. The fraction of sp³-hybridized carbons (Fsp3) is 0.333. The zero-order valence-electron chi connectivity index (χ0n) is 17.3. The Kier molecular flexibility index (Phi) is 6.09. The second-order valence-corrected chi connectivity index (χ2v) is 8.42. The van der Waals surface area contributed by atoms with Crippen LogP contribution in [-0.4, -0.2) is 38.8 Å². The lowest BCUT2D eigenvalue weighted by molar-refractivity contribution is 0.0699. The molecule has 3 heterocycles. The Bertz CT molecular complexity index is 1050. The van der Waals surface area contributed by atoms with Crippen LogP contribution in [0.3, 0.4) is 0 Å². The monoisotopic (exact) mass is 420 g/mol. The second kappa shape index (κ2) is 8.92. The highest BCUT2D eigenvalue weighted by Gasteiger charge is 2.27. The van der Waals surface area contributed by atoms with Gasteiger partial charge in [-0.05, 0) is 68.5 Å². The molecule has 4 rings (SSSR count). The van der Waals surface area contributed by atoms with Gasteiger partial charge in [0.2, 0.25) is 0 Å². The zero-order chi connectivity index (χ0) is 21.1. The first kappa shape index (κ1) is 20.5. The quantitative estimate of drug-likeness (QED) is 0.611. The van der Waals surface area contributed by atoms with E-state index in [1.165, 1.54) is 11.1 Å². The van der Waals surface area contributed by atoms with Gasteiger partial charge in [-0.15, -0.1) is 0 Å². The molecule has 30 heavy (non-hydrogen) atoms. The fourth-order valence-electron chi connectivity index (χ4n) is 4.03. The Balaban J connectivity index is 1.52. The summed E-state index contributed by atoms with van der Waals surface area (Å²) in [6.07, 6.45) is 5.99. The number of carbonyl (C=O) groups excluding carboxylic acids is 1. The molecular weight excluding hydrogens is 396 g/mol. The molecule has 0 N–H and O–H groups in total. The average molecular weight is 421 g/mol. The number of nitrogens with zero attached hydrogens (tertiary/aromatic N) is 4. The molecule has 0 unspecified atom stereocenters. The summed E-state index contributed by atoms with van der Waals surface area (Å²) in [6.45, 7) is 5.29. The predicted molar refractivity (Wildman–Crippen MR) is 118 cm³/mol. The molecule has 3 aromatic rings. The molecule has 1 saturated heterocycles. The number of hydrogen-bond acceptors (Lipinski definition) is 4. The highest BCUT2D eigenvalue weighted by molar-refractivity contribution is 6.30. The number of rotatable bonds is 4. The number of piperidine rings is 1. The van der Waals surface area contributed by atoms with E-state index in [1.807, 2.05) is 36.9 Å². The van der Waals surface area contributed by atoms with Gasteiger partial charge in [0.15, 0.2) is 0 Å². The van der Waals surface area contributed by atoms with Crippen LogP contribution in [0.25, 0.3) is 0 Å². The molecule has 0 saturated carbocycles. The molecule has 1 atom stereocenters. The lowest BCUT2D eigenvalue weighted by Crippen LogP contribution is -2.39. The minimum absolute atomic E-state index is 0.0565. The van der Waals surface area contributed by atoms with Crippen molar-refractivity contribution in [3.63, 3.8) is 0 Å². The van der Waals surface area contributed by atoms with Crippen molar-refractivity contribution in [3.05, 3.63) is 87.7 Å². The van der Waals surface area contributed by atoms with E-state index in [0.717, 1.165) is 47.9 Å². The first-order chi connectivity index (χ1) is 14.5. The molecule has 0 aliphatic carbocycles. The highest BCUT2D eigenvalue weighted by atomic mass is 35.5. The predicted octanol–water partition coefficient (Wildman–Crippen LogP) is 4.75. The molecule has 1 aliphatic rings. The third kappa shape index (κ3) is 4.85. The van der Waals surface area contributed by atoms with Gasteiger partial charge in [-0.3, -0.25) is 14.8 Å². The molecule has 0 bridgehead atoms. The largest absolute Gasteiger partial charge is 0.337 e. The van der Waals surface area contributed by atoms with Crippen LogP contribution in [0.2, 0.25) is 5.02 Å². The van der Waals surface area contributed by atoms with E-state index in [4.69, 9.17) is 16.6 Å². The Morgan fingerprint density at radius 2 is 1.97 bits per heavy atom. The Morgan fingerprint density at radius 3 is 2.73 bits per heavy atom. The summed E-state index contributed by atoms with van der Waals surface area (Å²) < 4.78 is 0. The minimum Gasteiger partial charge on any atom is -0.337 e. The molecule has 154 valence electrons. The van der Waals surface area contributed by atoms with Gasteiger partial charge in [-0.2, -0.15) is 0 Å². The van der Waals surface area contributed by atoms with E-state index in [9.17, 15) is 4.79 Å². The van der Waals surface area contributed by atoms with Crippen LogP contribution in [0.4, 0.5) is 0 Å². The molecular formula is C24H25ClN4O. The topological polar surface area (TPSA) is 59.0 Å². The standard InChI is InChI=1S/C24H25ClN4O/c1-16-9-19(10-18-5-3-7-21(25)11-18)12-22(28-16)20-6-4-8-29(15-20)24(30)23-14-26-17(2)13-27-23/h3,5,7,9,11-14,20H,4,6,8,10,15H2,1-2H3/t20-/m1/s1. The van der Waals surface area contributed by atoms with Crippen molar-refractivity contribution in [1.29, 1.82) is 0 Å².